The van der Waals surface area contributed by atoms with Crippen molar-refractivity contribution in [1.29, 1.82) is 0 Å². The second-order valence-corrected chi connectivity index (χ2v) is 4.53. The van der Waals surface area contributed by atoms with Crippen molar-refractivity contribution < 1.29 is 24.0 Å². The predicted molar refractivity (Wildman–Crippen MR) is 52.8 cm³/mol. The molecule has 6 heteroatoms. The average Bonchev–Trinajstić information content (AvgIpc) is 2.08. The highest BCUT2D eigenvalue weighted by Gasteiger charge is 2.16. The summed E-state index contributed by atoms with van der Waals surface area (Å²) in [4.78, 5) is 16.7. The first-order valence-corrected chi connectivity index (χ1v) is 6.37. The Morgan fingerprint density at radius 2 is 1.93 bits per heavy atom. The van der Waals surface area contributed by atoms with Crippen LogP contribution in [0.1, 0.15) is 39.0 Å². The van der Waals surface area contributed by atoms with E-state index in [4.69, 9.17) is 9.79 Å². The van der Waals surface area contributed by atoms with Crippen molar-refractivity contribution in [2.45, 2.75) is 45.1 Å². The van der Waals surface area contributed by atoms with Gasteiger partial charge in [-0.3, -0.25) is 4.52 Å². The molecule has 0 aliphatic rings. The van der Waals surface area contributed by atoms with E-state index in [1.165, 1.54) is 0 Å². The number of hydrogen-bond donors (Lipinski definition) is 3. The molecule has 0 amide bonds. The fraction of sp³-hybridized carbons (Fsp3) is 1.00. The Labute approximate surface area is 84.3 Å². The molecule has 0 saturated carbocycles. The number of aliphatic hydroxyl groups is 1. The van der Waals surface area contributed by atoms with Crippen molar-refractivity contribution in [2.75, 3.05) is 6.61 Å². The topological polar surface area (TPSA) is 87.0 Å². The Balaban J connectivity index is 3.37. The molecule has 0 radical (unpaired) electrons. The number of hydrogen-bond acceptors (Lipinski definition) is 3. The summed E-state index contributed by atoms with van der Waals surface area (Å²) in [6.07, 6.45) is 3.88. The van der Waals surface area contributed by atoms with E-state index in [0.717, 1.165) is 25.7 Å². The number of phosphoric acid groups is 1. The molecule has 1 unspecified atom stereocenters. The van der Waals surface area contributed by atoms with E-state index < -0.39 is 13.9 Å². The summed E-state index contributed by atoms with van der Waals surface area (Å²) in [7, 11) is -4.42. The lowest BCUT2D eigenvalue weighted by atomic mass is 10.1. The van der Waals surface area contributed by atoms with Gasteiger partial charge >= 0.3 is 7.82 Å². The minimum Gasteiger partial charge on any atom is -0.391 e. The van der Waals surface area contributed by atoms with Crippen LogP contribution >= 0.6 is 7.82 Å². The zero-order valence-corrected chi connectivity index (χ0v) is 9.32. The molecule has 0 rings (SSSR count). The lowest BCUT2D eigenvalue weighted by Gasteiger charge is -2.11. The lowest BCUT2D eigenvalue weighted by Crippen LogP contribution is -2.14. The van der Waals surface area contributed by atoms with Crippen molar-refractivity contribution in [1.82, 2.24) is 0 Å². The smallest absolute Gasteiger partial charge is 0.391 e. The van der Waals surface area contributed by atoms with Gasteiger partial charge in [0.15, 0.2) is 0 Å². The second kappa shape index (κ2) is 7.37. The summed E-state index contributed by atoms with van der Waals surface area (Å²) in [6.45, 7) is 1.80. The predicted octanol–water partition coefficient (Wildman–Crippen LogP) is 1.43. The Morgan fingerprint density at radius 1 is 1.29 bits per heavy atom. The van der Waals surface area contributed by atoms with Crippen molar-refractivity contribution in [2.24, 2.45) is 0 Å². The van der Waals surface area contributed by atoms with Crippen LogP contribution in [0.25, 0.3) is 0 Å². The van der Waals surface area contributed by atoms with Crippen molar-refractivity contribution in [3.8, 4) is 0 Å². The van der Waals surface area contributed by atoms with Crippen LogP contribution < -0.4 is 0 Å². The minimum absolute atomic E-state index is 0.295. The largest absolute Gasteiger partial charge is 0.469 e. The van der Waals surface area contributed by atoms with Crippen molar-refractivity contribution in [3.63, 3.8) is 0 Å². The maximum absolute atomic E-state index is 10.3. The van der Waals surface area contributed by atoms with E-state index in [-0.39, 0.29) is 6.61 Å². The average molecular weight is 226 g/mol. The first-order valence-electron chi connectivity index (χ1n) is 4.84. The van der Waals surface area contributed by atoms with E-state index in [2.05, 4.69) is 11.4 Å². The van der Waals surface area contributed by atoms with Crippen molar-refractivity contribution in [3.05, 3.63) is 0 Å². The Hall–Kier alpha value is 0.0700. The van der Waals surface area contributed by atoms with Gasteiger partial charge in [0.25, 0.3) is 0 Å². The molecule has 0 aliphatic carbocycles. The monoisotopic (exact) mass is 226 g/mol. The maximum Gasteiger partial charge on any atom is 0.469 e. The van der Waals surface area contributed by atoms with Gasteiger partial charge in [0, 0.05) is 0 Å². The molecule has 0 heterocycles. The highest BCUT2D eigenvalue weighted by molar-refractivity contribution is 7.46. The summed E-state index contributed by atoms with van der Waals surface area (Å²) in [6, 6.07) is 0. The third-order valence-electron chi connectivity index (χ3n) is 1.83. The molecule has 0 aromatic heterocycles. The molecule has 3 N–H and O–H groups in total. The van der Waals surface area contributed by atoms with Gasteiger partial charge in [0.2, 0.25) is 0 Å². The van der Waals surface area contributed by atoms with Crippen LogP contribution in [0.15, 0.2) is 0 Å². The fourth-order valence-corrected chi connectivity index (χ4v) is 1.44. The van der Waals surface area contributed by atoms with Gasteiger partial charge in [-0.1, -0.05) is 32.6 Å². The summed E-state index contributed by atoms with van der Waals surface area (Å²) in [5.41, 5.74) is 0. The summed E-state index contributed by atoms with van der Waals surface area (Å²) in [5.74, 6) is 0. The fourth-order valence-electron chi connectivity index (χ4n) is 1.07. The molecular weight excluding hydrogens is 207 g/mol. The maximum atomic E-state index is 10.3. The molecule has 14 heavy (non-hydrogen) atoms. The van der Waals surface area contributed by atoms with Crippen LogP contribution in [0.5, 0.6) is 0 Å². The van der Waals surface area contributed by atoms with Gasteiger partial charge in [0.1, 0.15) is 0 Å². The molecule has 0 fully saturated rings. The van der Waals surface area contributed by atoms with E-state index in [1.54, 1.807) is 0 Å². The number of rotatable bonds is 8. The Kier molecular flexibility index (Phi) is 7.41. The molecule has 0 saturated heterocycles. The highest BCUT2D eigenvalue weighted by Crippen LogP contribution is 2.35. The minimum atomic E-state index is -4.42. The molecule has 0 bridgehead atoms. The van der Waals surface area contributed by atoms with Crippen molar-refractivity contribution >= 4 is 7.82 Å². The van der Waals surface area contributed by atoms with Gasteiger partial charge in [-0.05, 0) is 6.42 Å². The van der Waals surface area contributed by atoms with E-state index in [9.17, 15) is 9.67 Å². The third-order valence-corrected chi connectivity index (χ3v) is 2.31. The van der Waals surface area contributed by atoms with Gasteiger partial charge in [-0.25, -0.2) is 4.57 Å². The van der Waals surface area contributed by atoms with Crippen LogP contribution in [-0.2, 0) is 9.09 Å². The van der Waals surface area contributed by atoms with E-state index in [1.807, 2.05) is 0 Å². The van der Waals surface area contributed by atoms with E-state index >= 15 is 0 Å². The first kappa shape index (κ1) is 14.1. The van der Waals surface area contributed by atoms with Crippen LogP contribution in [0.4, 0.5) is 0 Å². The molecule has 5 nitrogen and oxygen atoms in total. The SMILES string of the molecule is CCCCCCC(O)COP(=O)(O)O. The third kappa shape index (κ3) is 10.2. The van der Waals surface area contributed by atoms with Crippen LogP contribution in [0, 0.1) is 0 Å². The highest BCUT2D eigenvalue weighted by atomic mass is 31.2. The molecule has 0 aliphatic heterocycles. The van der Waals surface area contributed by atoms with Gasteiger partial charge < -0.3 is 14.9 Å². The molecule has 1 atom stereocenters. The Morgan fingerprint density at radius 3 is 2.43 bits per heavy atom. The van der Waals surface area contributed by atoms with Gasteiger partial charge in [0.05, 0.1) is 12.7 Å². The normalized spacial score (nSPS) is 14.3. The van der Waals surface area contributed by atoms with Gasteiger partial charge in [-0.2, -0.15) is 0 Å². The van der Waals surface area contributed by atoms with Gasteiger partial charge in [-0.15, -0.1) is 0 Å². The molecule has 0 spiro atoms. The number of phosphoric ester groups is 1. The van der Waals surface area contributed by atoms with Crippen LogP contribution in [0.3, 0.4) is 0 Å². The zero-order chi connectivity index (χ0) is 11.0. The molecule has 86 valence electrons. The van der Waals surface area contributed by atoms with Crippen LogP contribution in [0.2, 0.25) is 0 Å². The van der Waals surface area contributed by atoms with E-state index in [0.29, 0.717) is 6.42 Å². The summed E-state index contributed by atoms with van der Waals surface area (Å²) >= 11 is 0. The lowest BCUT2D eigenvalue weighted by molar-refractivity contribution is 0.0774. The second-order valence-electron chi connectivity index (χ2n) is 3.29. The summed E-state index contributed by atoms with van der Waals surface area (Å²) < 4.78 is 14.4. The first-order chi connectivity index (χ1) is 6.45. The Bertz CT molecular complexity index is 179. The molecule has 0 aromatic carbocycles. The quantitative estimate of drug-likeness (QED) is 0.430. The standard InChI is InChI=1S/C8H19O5P/c1-2-3-4-5-6-8(9)7-13-14(10,11)12/h8-9H,2-7H2,1H3,(H2,10,11,12). The van der Waals surface area contributed by atoms with Crippen LogP contribution in [-0.4, -0.2) is 27.6 Å². The number of aliphatic hydroxyl groups excluding tert-OH is 1. The molecular formula is C8H19O5P. The zero-order valence-electron chi connectivity index (χ0n) is 8.43. The summed E-state index contributed by atoms with van der Waals surface area (Å²) in [5, 5.41) is 9.24. The number of unbranched alkanes of at least 4 members (excludes halogenated alkanes) is 3. The molecule has 0 aromatic rings.